The fourth-order valence-electron chi connectivity index (χ4n) is 2.42. The average Bonchev–Trinajstić information content (AvgIpc) is 2.72. The highest BCUT2D eigenvalue weighted by Gasteiger charge is 2.35. The molecule has 3 amide bonds. The number of hydrogen-bond acceptors (Lipinski definition) is 4. The van der Waals surface area contributed by atoms with Crippen molar-refractivity contribution in [3.63, 3.8) is 0 Å². The van der Waals surface area contributed by atoms with Crippen LogP contribution in [0.2, 0.25) is 0 Å². The molecule has 0 atom stereocenters. The molecule has 1 heterocycles. The molecule has 0 aromatic heterocycles. The third-order valence-electron chi connectivity index (χ3n) is 3.57. The Morgan fingerprint density at radius 2 is 1.91 bits per heavy atom. The van der Waals surface area contributed by atoms with Crippen LogP contribution in [0.1, 0.15) is 31.1 Å². The van der Waals surface area contributed by atoms with Gasteiger partial charge in [-0.3, -0.25) is 19.3 Å². The van der Waals surface area contributed by atoms with Crippen molar-refractivity contribution in [2.75, 3.05) is 18.1 Å². The molecule has 3 N–H and O–H groups in total. The molecule has 23 heavy (non-hydrogen) atoms. The summed E-state index contributed by atoms with van der Waals surface area (Å²) in [5.41, 5.74) is 7.22. The summed E-state index contributed by atoms with van der Waals surface area (Å²) >= 11 is 3.30. The summed E-state index contributed by atoms with van der Waals surface area (Å²) in [5, 5.41) is 2.68. The van der Waals surface area contributed by atoms with Crippen LogP contribution in [0.15, 0.2) is 40.9 Å². The molecule has 1 aliphatic rings. The zero-order chi connectivity index (χ0) is 16.7. The largest absolute Gasteiger partial charge is 0.398 e. The molecule has 0 unspecified atom stereocenters. The molecule has 6 nitrogen and oxygen atoms in total. The number of amides is 3. The molecule has 0 bridgehead atoms. The number of halogens is 1. The predicted octanol–water partition coefficient (Wildman–Crippen LogP) is 2.51. The number of anilines is 2. The van der Waals surface area contributed by atoms with Crippen LogP contribution >= 0.6 is 15.9 Å². The second kappa shape index (κ2) is 5.51. The molecule has 1 aliphatic heterocycles. The maximum absolute atomic E-state index is 12.3. The third-order valence-corrected chi connectivity index (χ3v) is 4.06. The Morgan fingerprint density at radius 1 is 1.17 bits per heavy atom. The molecular formula is C16H12BrN3O3. The van der Waals surface area contributed by atoms with E-state index >= 15 is 0 Å². The van der Waals surface area contributed by atoms with Crippen LogP contribution in [0.3, 0.4) is 0 Å². The van der Waals surface area contributed by atoms with Crippen molar-refractivity contribution < 1.29 is 14.4 Å². The van der Waals surface area contributed by atoms with Crippen LogP contribution in [0.5, 0.6) is 0 Å². The molecule has 116 valence electrons. The molecule has 0 saturated carbocycles. The Balaban J connectivity index is 1.94. The summed E-state index contributed by atoms with van der Waals surface area (Å²) < 4.78 is 0.779. The summed E-state index contributed by atoms with van der Waals surface area (Å²) in [6.07, 6.45) is 0. The van der Waals surface area contributed by atoms with Crippen LogP contribution in [-0.4, -0.2) is 29.7 Å². The van der Waals surface area contributed by atoms with Gasteiger partial charge in [0.15, 0.2) is 0 Å². The smallest absolute Gasteiger partial charge is 0.263 e. The van der Waals surface area contributed by atoms with Crippen molar-refractivity contribution in [2.45, 2.75) is 0 Å². The van der Waals surface area contributed by atoms with Gasteiger partial charge in [0.1, 0.15) is 0 Å². The highest BCUT2D eigenvalue weighted by Crippen LogP contribution is 2.30. The van der Waals surface area contributed by atoms with E-state index in [2.05, 4.69) is 21.2 Å². The highest BCUT2D eigenvalue weighted by molar-refractivity contribution is 9.10. The van der Waals surface area contributed by atoms with Gasteiger partial charge in [-0.2, -0.15) is 0 Å². The number of rotatable bonds is 2. The zero-order valence-electron chi connectivity index (χ0n) is 12.1. The van der Waals surface area contributed by atoms with E-state index in [1.165, 1.54) is 19.2 Å². The predicted molar refractivity (Wildman–Crippen MR) is 89.4 cm³/mol. The van der Waals surface area contributed by atoms with Crippen LogP contribution < -0.4 is 11.1 Å². The molecule has 7 heteroatoms. The van der Waals surface area contributed by atoms with Gasteiger partial charge in [-0.25, -0.2) is 0 Å². The lowest BCUT2D eigenvalue weighted by atomic mass is 10.1. The maximum Gasteiger partial charge on any atom is 0.263 e. The summed E-state index contributed by atoms with van der Waals surface area (Å²) in [6, 6.07) is 9.83. The lowest BCUT2D eigenvalue weighted by Gasteiger charge is -2.08. The molecule has 0 fully saturated rings. The fraction of sp³-hybridized carbons (Fsp3) is 0.0625. The number of benzene rings is 2. The molecule has 2 aromatic rings. The van der Waals surface area contributed by atoms with E-state index in [0.29, 0.717) is 11.3 Å². The highest BCUT2D eigenvalue weighted by atomic mass is 79.9. The first kappa shape index (κ1) is 15.2. The van der Waals surface area contributed by atoms with Gasteiger partial charge in [0.25, 0.3) is 17.7 Å². The first-order valence-corrected chi connectivity index (χ1v) is 7.50. The van der Waals surface area contributed by atoms with E-state index in [4.69, 9.17) is 5.73 Å². The minimum atomic E-state index is -0.438. The van der Waals surface area contributed by atoms with Crippen LogP contribution in [0, 0.1) is 0 Å². The molecule has 3 rings (SSSR count). The second-order valence-corrected chi connectivity index (χ2v) is 6.04. The lowest BCUT2D eigenvalue weighted by Crippen LogP contribution is -2.24. The minimum Gasteiger partial charge on any atom is -0.398 e. The summed E-state index contributed by atoms with van der Waals surface area (Å²) in [6.45, 7) is 0. The van der Waals surface area contributed by atoms with Crippen LogP contribution in [-0.2, 0) is 0 Å². The van der Waals surface area contributed by atoms with E-state index in [-0.39, 0.29) is 22.7 Å². The Kier molecular flexibility index (Phi) is 3.65. The van der Waals surface area contributed by atoms with Crippen LogP contribution in [0.25, 0.3) is 0 Å². The molecule has 0 saturated heterocycles. The van der Waals surface area contributed by atoms with Crippen molar-refractivity contribution >= 4 is 45.0 Å². The lowest BCUT2D eigenvalue weighted by molar-refractivity contribution is 0.0693. The van der Waals surface area contributed by atoms with E-state index in [9.17, 15) is 14.4 Å². The summed E-state index contributed by atoms with van der Waals surface area (Å²) in [7, 11) is 1.39. The SMILES string of the molecule is CN1C(=O)c2cc(NC(=O)c3cccc(Br)c3)cc(N)c2C1=O. The van der Waals surface area contributed by atoms with Gasteiger partial charge in [-0.05, 0) is 30.3 Å². The van der Waals surface area contributed by atoms with Gasteiger partial charge >= 0.3 is 0 Å². The number of nitrogens with one attached hydrogen (secondary N) is 1. The van der Waals surface area contributed by atoms with E-state index in [1.807, 2.05) is 6.07 Å². The van der Waals surface area contributed by atoms with Crippen molar-refractivity contribution in [2.24, 2.45) is 0 Å². The number of nitrogen functional groups attached to an aromatic ring is 1. The standard InChI is InChI=1S/C16H12BrN3O3/c1-20-15(22)11-6-10(7-12(18)13(11)16(20)23)19-14(21)8-3-2-4-9(17)5-8/h2-7H,18H2,1H3,(H,19,21). The summed E-state index contributed by atoms with van der Waals surface area (Å²) in [5.74, 6) is -1.21. The fourth-order valence-corrected chi connectivity index (χ4v) is 2.82. The molecule has 0 spiro atoms. The third kappa shape index (κ3) is 2.59. The normalized spacial score (nSPS) is 13.2. The molecule has 0 aliphatic carbocycles. The van der Waals surface area contributed by atoms with Gasteiger partial charge in [0.05, 0.1) is 11.1 Å². The maximum atomic E-state index is 12.3. The van der Waals surface area contributed by atoms with E-state index in [0.717, 1.165) is 9.37 Å². The Labute approximate surface area is 140 Å². The van der Waals surface area contributed by atoms with Crippen molar-refractivity contribution in [1.29, 1.82) is 0 Å². The Morgan fingerprint density at radius 3 is 2.61 bits per heavy atom. The van der Waals surface area contributed by atoms with Gasteiger partial charge in [0, 0.05) is 28.5 Å². The number of imide groups is 1. The minimum absolute atomic E-state index is 0.162. The number of nitrogens with zero attached hydrogens (tertiary/aromatic N) is 1. The first-order chi connectivity index (χ1) is 10.9. The van der Waals surface area contributed by atoms with Gasteiger partial charge < -0.3 is 11.1 Å². The van der Waals surface area contributed by atoms with Crippen LogP contribution in [0.4, 0.5) is 11.4 Å². The average molecular weight is 374 g/mol. The summed E-state index contributed by atoms with van der Waals surface area (Å²) in [4.78, 5) is 37.2. The van der Waals surface area contributed by atoms with Gasteiger partial charge in [0.2, 0.25) is 0 Å². The van der Waals surface area contributed by atoms with Crippen molar-refractivity contribution in [3.05, 3.63) is 57.6 Å². The number of carbonyl (C=O) groups is 3. The zero-order valence-corrected chi connectivity index (χ0v) is 13.7. The van der Waals surface area contributed by atoms with Gasteiger partial charge in [-0.15, -0.1) is 0 Å². The topological polar surface area (TPSA) is 92.5 Å². The van der Waals surface area contributed by atoms with E-state index in [1.54, 1.807) is 18.2 Å². The van der Waals surface area contributed by atoms with Crippen molar-refractivity contribution in [1.82, 2.24) is 4.90 Å². The van der Waals surface area contributed by atoms with Gasteiger partial charge in [-0.1, -0.05) is 22.0 Å². The second-order valence-electron chi connectivity index (χ2n) is 5.12. The van der Waals surface area contributed by atoms with Crippen molar-refractivity contribution in [3.8, 4) is 0 Å². The quantitative estimate of drug-likeness (QED) is 0.624. The molecule has 2 aromatic carbocycles. The molecule has 0 radical (unpaired) electrons. The Bertz CT molecular complexity index is 864. The Hall–Kier alpha value is -2.67. The number of carbonyl (C=O) groups excluding carboxylic acids is 3. The number of fused-ring (bicyclic) bond motifs is 1. The monoisotopic (exact) mass is 373 g/mol. The van der Waals surface area contributed by atoms with E-state index < -0.39 is 11.8 Å². The first-order valence-electron chi connectivity index (χ1n) is 6.71. The molecular weight excluding hydrogens is 362 g/mol. The number of hydrogen-bond donors (Lipinski definition) is 2. The number of nitrogens with two attached hydrogens (primary N) is 1.